The van der Waals surface area contributed by atoms with E-state index in [1.807, 2.05) is 12.1 Å². The van der Waals surface area contributed by atoms with Gasteiger partial charge >= 0.3 is 0 Å². The van der Waals surface area contributed by atoms with E-state index in [0.29, 0.717) is 0 Å². The highest BCUT2D eigenvalue weighted by molar-refractivity contribution is 9.10. The number of halogens is 1. The molecule has 0 saturated carbocycles. The van der Waals surface area contributed by atoms with E-state index in [9.17, 15) is 4.79 Å². The molecular formula is C14H20BrN3O2. The van der Waals surface area contributed by atoms with Crippen LogP contribution in [0.3, 0.4) is 0 Å². The van der Waals surface area contributed by atoms with Crippen LogP contribution in [0.1, 0.15) is 6.42 Å². The zero-order valence-corrected chi connectivity index (χ0v) is 13.1. The van der Waals surface area contributed by atoms with Crippen LogP contribution in [0.4, 0.5) is 5.69 Å². The molecule has 1 heterocycles. The number of amides is 1. The Morgan fingerprint density at radius 1 is 1.55 bits per heavy atom. The molecule has 1 aromatic carbocycles. The van der Waals surface area contributed by atoms with Gasteiger partial charge in [0.2, 0.25) is 5.91 Å². The van der Waals surface area contributed by atoms with Crippen LogP contribution in [-0.2, 0) is 9.53 Å². The Bertz CT molecular complexity index is 452. The molecule has 2 atom stereocenters. The molecule has 1 fully saturated rings. The fourth-order valence-corrected chi connectivity index (χ4v) is 2.59. The number of nitrogens with zero attached hydrogens (tertiary/aromatic N) is 1. The predicted octanol–water partition coefficient (Wildman–Crippen LogP) is 1.12. The lowest BCUT2D eigenvalue weighted by Crippen LogP contribution is -2.48. The van der Waals surface area contributed by atoms with E-state index in [-0.39, 0.29) is 18.6 Å². The maximum atomic E-state index is 11.8. The van der Waals surface area contributed by atoms with Crippen molar-refractivity contribution in [3.63, 3.8) is 0 Å². The first-order valence-corrected chi connectivity index (χ1v) is 7.45. The summed E-state index contributed by atoms with van der Waals surface area (Å²) in [6.07, 6.45) is 0.932. The smallest absolute Gasteiger partial charge is 0.239 e. The van der Waals surface area contributed by atoms with E-state index in [4.69, 9.17) is 10.5 Å². The maximum Gasteiger partial charge on any atom is 0.239 e. The third-order valence-electron chi connectivity index (χ3n) is 3.41. The van der Waals surface area contributed by atoms with Crippen LogP contribution >= 0.6 is 15.9 Å². The molecule has 0 spiro atoms. The predicted molar refractivity (Wildman–Crippen MR) is 82.8 cm³/mol. The Labute approximate surface area is 127 Å². The molecular weight excluding hydrogens is 322 g/mol. The molecule has 2 rings (SSSR count). The lowest BCUT2D eigenvalue weighted by molar-refractivity contribution is -0.124. The summed E-state index contributed by atoms with van der Waals surface area (Å²) in [7, 11) is 1.54. The molecule has 1 aliphatic heterocycles. The highest BCUT2D eigenvalue weighted by atomic mass is 79.9. The minimum absolute atomic E-state index is 0.144. The van der Waals surface area contributed by atoms with Crippen LogP contribution in [-0.4, -0.2) is 44.8 Å². The van der Waals surface area contributed by atoms with Gasteiger partial charge in [0.15, 0.2) is 0 Å². The van der Waals surface area contributed by atoms with Crippen LogP contribution < -0.4 is 16.0 Å². The van der Waals surface area contributed by atoms with Crippen molar-refractivity contribution >= 4 is 27.5 Å². The Kier molecular flexibility index (Phi) is 5.39. The maximum absolute atomic E-state index is 11.8. The summed E-state index contributed by atoms with van der Waals surface area (Å²) >= 11 is 3.43. The normalized spacial score (nSPS) is 19.9. The van der Waals surface area contributed by atoms with Gasteiger partial charge in [-0.3, -0.25) is 4.79 Å². The molecule has 20 heavy (non-hydrogen) atoms. The minimum atomic E-state index is -0.596. The summed E-state index contributed by atoms with van der Waals surface area (Å²) in [5.74, 6) is -0.144. The fourth-order valence-electron chi connectivity index (χ4n) is 2.33. The third kappa shape index (κ3) is 3.94. The molecule has 6 heteroatoms. The van der Waals surface area contributed by atoms with Crippen LogP contribution in [0.15, 0.2) is 28.7 Å². The molecule has 5 nitrogen and oxygen atoms in total. The zero-order chi connectivity index (χ0) is 14.5. The second kappa shape index (κ2) is 7.06. The van der Waals surface area contributed by atoms with Gasteiger partial charge in [-0.25, -0.2) is 0 Å². The van der Waals surface area contributed by atoms with Crippen molar-refractivity contribution in [3.05, 3.63) is 28.7 Å². The average Bonchev–Trinajstić information content (AvgIpc) is 2.88. The fraction of sp³-hybridized carbons (Fsp3) is 0.500. The molecule has 1 amide bonds. The van der Waals surface area contributed by atoms with Gasteiger partial charge in [-0.1, -0.05) is 15.9 Å². The minimum Gasteiger partial charge on any atom is -0.383 e. The standard InChI is InChI=1S/C14H20BrN3O2/c1-20-9-13(16)14(19)17-11-6-7-18(8-11)12-4-2-10(15)3-5-12/h2-5,11,13H,6-9,16H2,1H3,(H,17,19). The van der Waals surface area contributed by atoms with Gasteiger partial charge in [-0.2, -0.15) is 0 Å². The second-order valence-electron chi connectivity index (χ2n) is 4.98. The SMILES string of the molecule is COCC(N)C(=O)NC1CCN(c2ccc(Br)cc2)C1. The number of anilines is 1. The van der Waals surface area contributed by atoms with Gasteiger partial charge in [0.25, 0.3) is 0 Å². The van der Waals surface area contributed by atoms with Crippen molar-refractivity contribution in [1.82, 2.24) is 5.32 Å². The van der Waals surface area contributed by atoms with Gasteiger partial charge in [-0.15, -0.1) is 0 Å². The topological polar surface area (TPSA) is 67.6 Å². The van der Waals surface area contributed by atoms with Gasteiger partial charge in [0.05, 0.1) is 6.61 Å². The molecule has 1 aromatic rings. The second-order valence-corrected chi connectivity index (χ2v) is 5.89. The molecule has 0 bridgehead atoms. The number of methoxy groups -OCH3 is 1. The summed E-state index contributed by atoms with van der Waals surface area (Å²) < 4.78 is 5.96. The van der Waals surface area contributed by atoms with E-state index in [2.05, 4.69) is 38.3 Å². The highest BCUT2D eigenvalue weighted by Gasteiger charge is 2.25. The molecule has 110 valence electrons. The Balaban J connectivity index is 1.86. The van der Waals surface area contributed by atoms with Crippen LogP contribution in [0.25, 0.3) is 0 Å². The molecule has 0 aliphatic carbocycles. The lowest BCUT2D eigenvalue weighted by Gasteiger charge is -2.20. The van der Waals surface area contributed by atoms with E-state index >= 15 is 0 Å². The summed E-state index contributed by atoms with van der Waals surface area (Å²) in [6, 6.07) is 7.75. The monoisotopic (exact) mass is 341 g/mol. The van der Waals surface area contributed by atoms with E-state index < -0.39 is 6.04 Å². The van der Waals surface area contributed by atoms with Crippen molar-refractivity contribution < 1.29 is 9.53 Å². The van der Waals surface area contributed by atoms with Crippen molar-refractivity contribution in [3.8, 4) is 0 Å². The van der Waals surface area contributed by atoms with E-state index in [0.717, 1.165) is 24.0 Å². The Hall–Kier alpha value is -1.11. The van der Waals surface area contributed by atoms with Gasteiger partial charge in [-0.05, 0) is 30.7 Å². The number of carbonyl (C=O) groups is 1. The van der Waals surface area contributed by atoms with E-state index in [1.54, 1.807) is 0 Å². The quantitative estimate of drug-likeness (QED) is 0.842. The molecule has 2 unspecified atom stereocenters. The highest BCUT2D eigenvalue weighted by Crippen LogP contribution is 2.22. The number of hydrogen-bond acceptors (Lipinski definition) is 4. The molecule has 0 radical (unpaired) electrons. The van der Waals surface area contributed by atoms with Gasteiger partial charge < -0.3 is 20.7 Å². The number of nitrogens with two attached hydrogens (primary N) is 1. The average molecular weight is 342 g/mol. The Morgan fingerprint density at radius 2 is 2.25 bits per heavy atom. The van der Waals surface area contributed by atoms with Crippen molar-refractivity contribution in [2.24, 2.45) is 5.73 Å². The first-order chi connectivity index (χ1) is 9.60. The van der Waals surface area contributed by atoms with Gasteiger partial charge in [0, 0.05) is 36.4 Å². The summed E-state index contributed by atoms with van der Waals surface area (Å²) in [5.41, 5.74) is 6.88. The first kappa shape index (κ1) is 15.3. The summed E-state index contributed by atoms with van der Waals surface area (Å²) in [4.78, 5) is 14.1. The molecule has 0 aromatic heterocycles. The van der Waals surface area contributed by atoms with Crippen molar-refractivity contribution in [2.45, 2.75) is 18.5 Å². The largest absolute Gasteiger partial charge is 0.383 e. The number of carbonyl (C=O) groups excluding carboxylic acids is 1. The van der Waals surface area contributed by atoms with E-state index in [1.165, 1.54) is 12.8 Å². The number of nitrogens with one attached hydrogen (secondary N) is 1. The summed E-state index contributed by atoms with van der Waals surface area (Å²) in [5, 5.41) is 2.98. The Morgan fingerprint density at radius 3 is 2.90 bits per heavy atom. The third-order valence-corrected chi connectivity index (χ3v) is 3.94. The lowest BCUT2D eigenvalue weighted by atomic mass is 10.2. The number of rotatable bonds is 5. The molecule has 1 saturated heterocycles. The van der Waals surface area contributed by atoms with Crippen molar-refractivity contribution in [1.29, 1.82) is 0 Å². The number of benzene rings is 1. The number of ether oxygens (including phenoxy) is 1. The summed E-state index contributed by atoms with van der Waals surface area (Å²) in [6.45, 7) is 1.99. The van der Waals surface area contributed by atoms with Crippen LogP contribution in [0.2, 0.25) is 0 Å². The molecule has 1 aliphatic rings. The van der Waals surface area contributed by atoms with Gasteiger partial charge in [0.1, 0.15) is 6.04 Å². The zero-order valence-electron chi connectivity index (χ0n) is 11.5. The van der Waals surface area contributed by atoms with Crippen LogP contribution in [0, 0.1) is 0 Å². The molecule has 3 N–H and O–H groups in total. The number of hydrogen-bond donors (Lipinski definition) is 2. The van der Waals surface area contributed by atoms with Crippen molar-refractivity contribution in [2.75, 3.05) is 31.7 Å². The van der Waals surface area contributed by atoms with Crippen LogP contribution in [0.5, 0.6) is 0 Å². The first-order valence-electron chi connectivity index (χ1n) is 6.65.